The standard InChI is InChI=1S/C12H21NO3S/c1-9(14)13-11(12(15)16-2)8-17-10-6-4-3-5-7-10/h10-11H,3-8H2,1-2H3,(H,13,14). The van der Waals surface area contributed by atoms with Gasteiger partial charge in [0, 0.05) is 17.9 Å². The van der Waals surface area contributed by atoms with Gasteiger partial charge >= 0.3 is 5.97 Å². The van der Waals surface area contributed by atoms with Gasteiger partial charge in [-0.25, -0.2) is 4.79 Å². The summed E-state index contributed by atoms with van der Waals surface area (Å²) >= 11 is 1.78. The molecule has 1 atom stereocenters. The van der Waals surface area contributed by atoms with Crippen molar-refractivity contribution in [3.63, 3.8) is 0 Å². The second kappa shape index (κ2) is 7.58. The highest BCUT2D eigenvalue weighted by Gasteiger charge is 2.22. The molecule has 0 aromatic heterocycles. The molecule has 17 heavy (non-hydrogen) atoms. The van der Waals surface area contributed by atoms with Crippen LogP contribution in [0.25, 0.3) is 0 Å². The van der Waals surface area contributed by atoms with Gasteiger partial charge in [-0.2, -0.15) is 11.8 Å². The topological polar surface area (TPSA) is 55.4 Å². The van der Waals surface area contributed by atoms with Crippen molar-refractivity contribution in [1.29, 1.82) is 0 Å². The van der Waals surface area contributed by atoms with Crippen molar-refractivity contribution >= 4 is 23.6 Å². The van der Waals surface area contributed by atoms with E-state index in [2.05, 4.69) is 10.1 Å². The van der Waals surface area contributed by atoms with Gasteiger partial charge in [0.15, 0.2) is 0 Å². The van der Waals surface area contributed by atoms with Crippen LogP contribution in [0.4, 0.5) is 0 Å². The van der Waals surface area contributed by atoms with E-state index in [0.29, 0.717) is 11.0 Å². The van der Waals surface area contributed by atoms with Crippen molar-refractivity contribution in [3.05, 3.63) is 0 Å². The summed E-state index contributed by atoms with van der Waals surface area (Å²) in [6, 6.07) is -0.510. The van der Waals surface area contributed by atoms with E-state index in [9.17, 15) is 9.59 Å². The molecule has 1 fully saturated rings. The van der Waals surface area contributed by atoms with Crippen LogP contribution in [0.3, 0.4) is 0 Å². The summed E-state index contributed by atoms with van der Waals surface area (Å²) in [5, 5.41) is 3.27. The van der Waals surface area contributed by atoms with Gasteiger partial charge in [-0.3, -0.25) is 4.79 Å². The molecule has 0 aromatic carbocycles. The largest absolute Gasteiger partial charge is 0.467 e. The molecular weight excluding hydrogens is 238 g/mol. The van der Waals surface area contributed by atoms with Crippen molar-refractivity contribution < 1.29 is 14.3 Å². The van der Waals surface area contributed by atoms with Crippen LogP contribution in [0.2, 0.25) is 0 Å². The number of nitrogens with one attached hydrogen (secondary N) is 1. The third kappa shape index (κ3) is 5.44. The maximum atomic E-state index is 11.5. The summed E-state index contributed by atoms with van der Waals surface area (Å²) in [7, 11) is 1.35. The highest BCUT2D eigenvalue weighted by molar-refractivity contribution is 7.99. The lowest BCUT2D eigenvalue weighted by Gasteiger charge is -2.23. The molecule has 1 N–H and O–H groups in total. The van der Waals surface area contributed by atoms with E-state index in [1.54, 1.807) is 11.8 Å². The summed E-state index contributed by atoms with van der Waals surface area (Å²) in [6.07, 6.45) is 6.32. The first-order valence-corrected chi connectivity index (χ1v) is 7.15. The first-order chi connectivity index (χ1) is 8.13. The normalized spacial score (nSPS) is 18.5. The molecule has 0 heterocycles. The monoisotopic (exact) mass is 259 g/mol. The van der Waals surface area contributed by atoms with Crippen LogP contribution in [0, 0.1) is 0 Å². The van der Waals surface area contributed by atoms with Gasteiger partial charge in [0.25, 0.3) is 0 Å². The minimum atomic E-state index is -0.510. The number of thioether (sulfide) groups is 1. The Labute approximate surface area is 107 Å². The van der Waals surface area contributed by atoms with Gasteiger partial charge in [-0.1, -0.05) is 19.3 Å². The lowest BCUT2D eigenvalue weighted by molar-refractivity contribution is -0.144. The number of hydrogen-bond donors (Lipinski definition) is 1. The van der Waals surface area contributed by atoms with E-state index in [-0.39, 0.29) is 11.9 Å². The van der Waals surface area contributed by atoms with E-state index in [1.165, 1.54) is 46.1 Å². The number of carbonyl (C=O) groups is 2. The fourth-order valence-electron chi connectivity index (χ4n) is 2.02. The Morgan fingerprint density at radius 1 is 1.35 bits per heavy atom. The zero-order chi connectivity index (χ0) is 12.7. The molecule has 5 heteroatoms. The quantitative estimate of drug-likeness (QED) is 0.764. The van der Waals surface area contributed by atoms with Crippen LogP contribution in [0.5, 0.6) is 0 Å². The maximum absolute atomic E-state index is 11.5. The van der Waals surface area contributed by atoms with Crippen LogP contribution in [0.15, 0.2) is 0 Å². The molecule has 1 aliphatic carbocycles. The molecule has 1 amide bonds. The molecule has 0 saturated heterocycles. The van der Waals surface area contributed by atoms with Crippen molar-refractivity contribution in [2.45, 2.75) is 50.3 Å². The highest BCUT2D eigenvalue weighted by Crippen LogP contribution is 2.28. The summed E-state index contributed by atoms with van der Waals surface area (Å²) in [5.74, 6) is 0.0600. The van der Waals surface area contributed by atoms with Crippen LogP contribution in [-0.2, 0) is 14.3 Å². The molecule has 0 aliphatic heterocycles. The van der Waals surface area contributed by atoms with Crippen LogP contribution in [0.1, 0.15) is 39.0 Å². The Morgan fingerprint density at radius 3 is 2.53 bits per heavy atom. The Balaban J connectivity index is 2.36. The van der Waals surface area contributed by atoms with Crippen LogP contribution in [-0.4, -0.2) is 36.0 Å². The Kier molecular flexibility index (Phi) is 6.40. The number of hydrogen-bond acceptors (Lipinski definition) is 4. The predicted octanol–water partition coefficient (Wildman–Crippen LogP) is 1.73. The van der Waals surface area contributed by atoms with Crippen LogP contribution < -0.4 is 5.32 Å². The number of methoxy groups -OCH3 is 1. The van der Waals surface area contributed by atoms with Crippen LogP contribution >= 0.6 is 11.8 Å². The number of carbonyl (C=O) groups excluding carboxylic acids is 2. The highest BCUT2D eigenvalue weighted by atomic mass is 32.2. The molecule has 0 aromatic rings. The third-order valence-electron chi connectivity index (χ3n) is 2.91. The van der Waals surface area contributed by atoms with E-state index >= 15 is 0 Å². The van der Waals surface area contributed by atoms with Crippen molar-refractivity contribution in [1.82, 2.24) is 5.32 Å². The Morgan fingerprint density at radius 2 is 2.00 bits per heavy atom. The lowest BCUT2D eigenvalue weighted by Crippen LogP contribution is -2.42. The Hall–Kier alpha value is -0.710. The summed E-state index contributed by atoms with van der Waals surface area (Å²) in [4.78, 5) is 22.5. The first kappa shape index (κ1) is 14.4. The van der Waals surface area contributed by atoms with E-state index in [1.807, 2.05) is 0 Å². The SMILES string of the molecule is COC(=O)C(CSC1CCCCC1)NC(C)=O. The molecule has 0 radical (unpaired) electrons. The average Bonchev–Trinajstić information content (AvgIpc) is 2.34. The zero-order valence-corrected chi connectivity index (χ0v) is 11.3. The lowest BCUT2D eigenvalue weighted by atomic mass is 10.0. The van der Waals surface area contributed by atoms with Crippen molar-refractivity contribution in [2.75, 3.05) is 12.9 Å². The van der Waals surface area contributed by atoms with Gasteiger partial charge in [-0.15, -0.1) is 0 Å². The summed E-state index contributed by atoms with van der Waals surface area (Å²) in [6.45, 7) is 1.42. The minimum absolute atomic E-state index is 0.190. The van der Waals surface area contributed by atoms with E-state index in [4.69, 9.17) is 0 Å². The van der Waals surface area contributed by atoms with Gasteiger partial charge in [0.05, 0.1) is 7.11 Å². The fourth-order valence-corrected chi connectivity index (χ4v) is 3.37. The van der Waals surface area contributed by atoms with Crippen molar-refractivity contribution in [2.24, 2.45) is 0 Å². The summed E-state index contributed by atoms with van der Waals surface area (Å²) in [5.41, 5.74) is 0. The van der Waals surface area contributed by atoms with E-state index < -0.39 is 6.04 Å². The summed E-state index contributed by atoms with van der Waals surface area (Å²) < 4.78 is 4.69. The number of amides is 1. The molecule has 98 valence electrons. The minimum Gasteiger partial charge on any atom is -0.467 e. The molecular formula is C12H21NO3S. The zero-order valence-electron chi connectivity index (χ0n) is 10.5. The molecule has 0 spiro atoms. The first-order valence-electron chi connectivity index (χ1n) is 6.10. The van der Waals surface area contributed by atoms with Gasteiger partial charge in [0.1, 0.15) is 6.04 Å². The number of esters is 1. The molecule has 0 bridgehead atoms. The van der Waals surface area contributed by atoms with Gasteiger partial charge < -0.3 is 10.1 Å². The fraction of sp³-hybridized carbons (Fsp3) is 0.833. The molecule has 1 rings (SSSR count). The van der Waals surface area contributed by atoms with Gasteiger partial charge in [0.2, 0.25) is 5.91 Å². The molecule has 1 saturated carbocycles. The molecule has 4 nitrogen and oxygen atoms in total. The molecule has 1 aliphatic rings. The second-order valence-corrected chi connectivity index (χ2v) is 5.70. The van der Waals surface area contributed by atoms with Crippen molar-refractivity contribution in [3.8, 4) is 0 Å². The maximum Gasteiger partial charge on any atom is 0.329 e. The predicted molar refractivity (Wildman–Crippen MR) is 69.0 cm³/mol. The third-order valence-corrected chi connectivity index (χ3v) is 4.38. The number of ether oxygens (including phenoxy) is 1. The second-order valence-electron chi connectivity index (χ2n) is 4.37. The van der Waals surface area contributed by atoms with Gasteiger partial charge in [-0.05, 0) is 12.8 Å². The number of rotatable bonds is 5. The van der Waals surface area contributed by atoms with E-state index in [0.717, 1.165) is 0 Å². The average molecular weight is 259 g/mol. The Bertz CT molecular complexity index is 264. The smallest absolute Gasteiger partial charge is 0.329 e. The molecule has 1 unspecified atom stereocenters.